The fraction of sp³-hybridized carbons (Fsp3) is 0. The number of hydrogen-bond acceptors (Lipinski definition) is 1. The number of rotatable bonds is 0. The summed E-state index contributed by atoms with van der Waals surface area (Å²) in [5.74, 6) is 0. The van der Waals surface area contributed by atoms with Crippen molar-refractivity contribution >= 4 is 39.3 Å². The Hall–Kier alpha value is 2.29. The van der Waals surface area contributed by atoms with E-state index in [9.17, 15) is 0 Å². The third-order valence-electron chi connectivity index (χ3n) is 0. The molecule has 0 bridgehead atoms. The van der Waals surface area contributed by atoms with Gasteiger partial charge in [-0.3, -0.25) is 0 Å². The predicted molar refractivity (Wildman–Crippen MR) is 15.8 cm³/mol. The van der Waals surface area contributed by atoms with Crippen LogP contribution in [0.5, 0.6) is 0 Å². The van der Waals surface area contributed by atoms with Gasteiger partial charge in [0.05, 0.1) is 0 Å². The molecule has 0 amide bonds. The van der Waals surface area contributed by atoms with Crippen molar-refractivity contribution in [2.75, 3.05) is 0 Å². The van der Waals surface area contributed by atoms with Crippen molar-refractivity contribution in [3.63, 3.8) is 0 Å². The Kier molecular flexibility index (Phi) is 75.4. The maximum absolute atomic E-state index is 8.28. The average Bonchev–Trinajstić information content (AvgIpc) is 1.00. The van der Waals surface area contributed by atoms with Gasteiger partial charge in [0.1, 0.15) is 0 Å². The quantitative estimate of drug-likeness (QED) is 0.471. The van der Waals surface area contributed by atoms with Gasteiger partial charge in [-0.1, -0.05) is 0 Å². The Labute approximate surface area is 80.3 Å². The van der Waals surface area contributed by atoms with E-state index in [1.165, 1.54) is 0 Å². The molecule has 0 unspecified atom stereocenters. The van der Waals surface area contributed by atoms with Gasteiger partial charge in [0.15, 0.2) is 0 Å². The summed E-state index contributed by atoms with van der Waals surface area (Å²) in [4.78, 5) is 0. The van der Waals surface area contributed by atoms with E-state index in [-0.39, 0.29) is 61.5 Å². The summed E-state index contributed by atoms with van der Waals surface area (Å²) < 4.78 is 8.28. The van der Waals surface area contributed by atoms with Gasteiger partial charge in [0, 0.05) is 35.6 Å². The molecule has 0 aliphatic carbocycles. The Morgan fingerprint density at radius 2 is 1.50 bits per heavy atom. The van der Waals surface area contributed by atoms with Crippen LogP contribution in [0.3, 0.4) is 0 Å². The normalized spacial score (nSPS) is 0.750. The molecule has 0 aliphatic rings. The molecule has 0 heterocycles. The Balaban J connectivity index is -0.000000000833. The summed E-state index contributed by atoms with van der Waals surface area (Å²) in [6, 6.07) is 0. The Bertz CT molecular complexity index is 13.5. The summed E-state index contributed by atoms with van der Waals surface area (Å²) in [5, 5.41) is 0. The molecule has 0 fully saturated rings. The molecule has 0 saturated heterocycles. The minimum absolute atomic E-state index is 0. The molecular formula is H3AlLaMgO. The van der Waals surface area contributed by atoms with Crippen LogP contribution in [0.4, 0.5) is 0 Å². The molecule has 0 aromatic heterocycles. The van der Waals surface area contributed by atoms with Gasteiger partial charge in [-0.25, -0.2) is 0 Å². The number of hydrogen-bond donors (Lipinski definition) is 0. The Morgan fingerprint density at radius 1 is 1.50 bits per heavy atom. The summed E-state index contributed by atoms with van der Waals surface area (Å²) in [6.07, 6.45) is 0. The van der Waals surface area contributed by atoms with Gasteiger partial charge in [-0.2, -0.15) is 0 Å². The third kappa shape index (κ3) is 8.85. The summed E-state index contributed by atoms with van der Waals surface area (Å²) in [7, 11) is 0. The average molecular weight is 209 g/mol. The minimum atomic E-state index is 0. The van der Waals surface area contributed by atoms with Crippen molar-refractivity contribution in [1.82, 2.24) is 0 Å². The molecular weight excluding hydrogens is 206 g/mol. The van der Waals surface area contributed by atoms with Gasteiger partial charge in [0.25, 0.3) is 0 Å². The van der Waals surface area contributed by atoms with Crippen molar-refractivity contribution in [2.24, 2.45) is 0 Å². The van der Waals surface area contributed by atoms with E-state index in [2.05, 4.69) is 0 Å². The van der Waals surface area contributed by atoms with Crippen molar-refractivity contribution in [3.05, 3.63) is 0 Å². The van der Waals surface area contributed by atoms with E-state index < -0.39 is 0 Å². The molecule has 4 heteroatoms. The first-order chi connectivity index (χ1) is 1.00. The SMILES string of the molecule is [H-].[H-].[La].[Mg+2].[O]=[AlH]. The van der Waals surface area contributed by atoms with Crippen molar-refractivity contribution in [2.45, 2.75) is 0 Å². The molecule has 0 rings (SSSR count). The first kappa shape index (κ1) is 16.3. The molecule has 1 radical (unpaired) electrons. The second-order valence-electron chi connectivity index (χ2n) is 0. The fourth-order valence-electron chi connectivity index (χ4n) is 0. The molecule has 0 atom stereocenters. The fourth-order valence-corrected chi connectivity index (χ4v) is 0. The molecule has 0 aliphatic heterocycles. The van der Waals surface area contributed by atoms with Gasteiger partial charge in [0.2, 0.25) is 0 Å². The standard InChI is InChI=1S/Al.La.Mg.O.3H/q;;+2;;;2*-1. The van der Waals surface area contributed by atoms with E-state index >= 15 is 0 Å². The molecule has 0 aromatic rings. The van der Waals surface area contributed by atoms with Crippen LogP contribution in [0, 0.1) is 35.6 Å². The zero-order valence-electron chi connectivity index (χ0n) is 4.40. The van der Waals surface area contributed by atoms with Crippen molar-refractivity contribution in [3.8, 4) is 0 Å². The van der Waals surface area contributed by atoms with E-state index in [0.717, 1.165) is 0 Å². The van der Waals surface area contributed by atoms with Crippen molar-refractivity contribution < 1.29 is 42.3 Å². The maximum atomic E-state index is 8.28. The van der Waals surface area contributed by atoms with Gasteiger partial charge < -0.3 is 2.85 Å². The van der Waals surface area contributed by atoms with Crippen LogP contribution in [-0.2, 0) is 3.80 Å². The van der Waals surface area contributed by atoms with Gasteiger partial charge in [-0.15, -0.1) is 0 Å². The van der Waals surface area contributed by atoms with E-state index in [0.29, 0.717) is 16.2 Å². The van der Waals surface area contributed by atoms with Crippen LogP contribution in [0.2, 0.25) is 0 Å². The topological polar surface area (TPSA) is 17.1 Å². The second kappa shape index (κ2) is 18.6. The molecule has 1 nitrogen and oxygen atoms in total. The van der Waals surface area contributed by atoms with E-state index in [4.69, 9.17) is 3.80 Å². The van der Waals surface area contributed by atoms with Crippen LogP contribution in [-0.4, -0.2) is 39.3 Å². The Morgan fingerprint density at radius 3 is 1.50 bits per heavy atom. The van der Waals surface area contributed by atoms with Crippen LogP contribution in [0.15, 0.2) is 0 Å². The van der Waals surface area contributed by atoms with Gasteiger partial charge in [-0.05, 0) is 0 Å². The summed E-state index contributed by atoms with van der Waals surface area (Å²) in [6.45, 7) is 0. The molecule has 0 aromatic carbocycles. The molecule has 0 spiro atoms. The van der Waals surface area contributed by atoms with Gasteiger partial charge >= 0.3 is 43.1 Å². The van der Waals surface area contributed by atoms with Crippen LogP contribution >= 0.6 is 0 Å². The molecule has 0 N–H and O–H groups in total. The second-order valence-corrected chi connectivity index (χ2v) is 0. The van der Waals surface area contributed by atoms with Crippen LogP contribution in [0.1, 0.15) is 2.85 Å². The van der Waals surface area contributed by atoms with Crippen molar-refractivity contribution in [1.29, 1.82) is 0 Å². The first-order valence-corrected chi connectivity index (χ1v) is 0.866. The predicted octanol–water partition coefficient (Wildman–Crippen LogP) is -0.923. The zero-order valence-corrected chi connectivity index (χ0v) is 8.85. The first-order valence-electron chi connectivity index (χ1n) is 0.289. The summed E-state index contributed by atoms with van der Waals surface area (Å²) >= 11 is 0.611. The van der Waals surface area contributed by atoms with Crippen LogP contribution in [0.25, 0.3) is 0 Å². The zero-order chi connectivity index (χ0) is 2.00. The third-order valence-corrected chi connectivity index (χ3v) is 0. The van der Waals surface area contributed by atoms with Crippen LogP contribution < -0.4 is 0 Å². The summed E-state index contributed by atoms with van der Waals surface area (Å²) in [5.41, 5.74) is 0. The van der Waals surface area contributed by atoms with E-state index in [1.54, 1.807) is 0 Å². The molecule has 17 valence electrons. The monoisotopic (exact) mass is 209 g/mol. The van der Waals surface area contributed by atoms with E-state index in [1.807, 2.05) is 0 Å². The molecule has 0 saturated carbocycles. The molecule has 4 heavy (non-hydrogen) atoms.